The number of aromatic nitrogens is 1. The van der Waals surface area contributed by atoms with Gasteiger partial charge in [-0.25, -0.2) is 0 Å². The maximum atomic E-state index is 6.71. The molecule has 0 aliphatic carbocycles. The smallest absolute Gasteiger partial charge is 0.0705 e. The Morgan fingerprint density at radius 1 is 1.36 bits per heavy atom. The second kappa shape index (κ2) is 5.49. The Hall–Kier alpha value is -1.71. The predicted octanol–water partition coefficient (Wildman–Crippen LogP) is 3.38. The first kappa shape index (κ1) is 13.9. The maximum Gasteiger partial charge on any atom is 0.0705 e. The lowest BCUT2D eigenvalue weighted by atomic mass is 9.73. The van der Waals surface area contributed by atoms with Crippen LogP contribution in [0.4, 0.5) is 0 Å². The van der Waals surface area contributed by atoms with E-state index in [0.717, 1.165) is 18.0 Å². The number of hydrogen-bond acceptors (Lipinski definition) is 3. The summed E-state index contributed by atoms with van der Waals surface area (Å²) in [7, 11) is 0. The highest BCUT2D eigenvalue weighted by Gasteiger charge is 2.41. The summed E-state index contributed by atoms with van der Waals surface area (Å²) in [4.78, 5) is 7.04. The zero-order valence-corrected chi connectivity index (χ0v) is 12.9. The molecule has 4 heterocycles. The molecule has 22 heavy (non-hydrogen) atoms. The van der Waals surface area contributed by atoms with Gasteiger partial charge >= 0.3 is 0 Å². The molecule has 1 aromatic heterocycles. The molecule has 1 unspecified atom stereocenters. The molecule has 116 valence electrons. The molecular weight excluding hydrogens is 270 g/mol. The molecule has 0 spiro atoms. The van der Waals surface area contributed by atoms with E-state index in [4.69, 9.17) is 5.73 Å². The molecule has 3 saturated heterocycles. The summed E-state index contributed by atoms with van der Waals surface area (Å²) < 4.78 is 0. The van der Waals surface area contributed by atoms with E-state index in [1.165, 1.54) is 30.3 Å². The highest BCUT2D eigenvalue weighted by atomic mass is 15.2. The van der Waals surface area contributed by atoms with E-state index in [-0.39, 0.29) is 7.47 Å². The molecule has 3 nitrogen and oxygen atoms in total. The van der Waals surface area contributed by atoms with Crippen LogP contribution in [0, 0.1) is 11.8 Å². The number of rotatable bonds is 3. The van der Waals surface area contributed by atoms with Gasteiger partial charge in [-0.05, 0) is 48.9 Å². The van der Waals surface area contributed by atoms with Crippen LogP contribution >= 0.6 is 0 Å². The van der Waals surface area contributed by atoms with Crippen LogP contribution in [0.5, 0.6) is 0 Å². The SMILES string of the molecule is C=C[C@H]1CN2CC[C@H]1C[C@H]2[C@@H](N)c1ccnc2ccccc12.[3HH]. The number of para-hydroxylation sites is 1. The maximum absolute atomic E-state index is 6.71. The van der Waals surface area contributed by atoms with E-state index in [1.807, 2.05) is 12.3 Å². The van der Waals surface area contributed by atoms with Gasteiger partial charge < -0.3 is 5.73 Å². The molecule has 0 saturated carbocycles. The third-order valence-electron chi connectivity index (χ3n) is 5.61. The number of benzene rings is 1. The van der Waals surface area contributed by atoms with Gasteiger partial charge in [0.15, 0.2) is 0 Å². The first-order valence-corrected chi connectivity index (χ1v) is 8.24. The van der Waals surface area contributed by atoms with E-state index in [2.05, 4.69) is 46.8 Å². The Bertz CT molecular complexity index is 697. The minimum absolute atomic E-state index is 0. The Balaban J connectivity index is 0.00000156. The molecule has 3 aliphatic rings. The average Bonchev–Trinajstić information content (AvgIpc) is 2.60. The Morgan fingerprint density at radius 2 is 2.23 bits per heavy atom. The number of piperidine rings is 3. The number of nitrogens with two attached hydrogens (primary N) is 1. The van der Waals surface area contributed by atoms with Gasteiger partial charge in [0.2, 0.25) is 0 Å². The van der Waals surface area contributed by atoms with E-state index in [9.17, 15) is 0 Å². The number of pyridine rings is 1. The van der Waals surface area contributed by atoms with Crippen molar-refractivity contribution < 1.29 is 1.43 Å². The average molecular weight is 297 g/mol. The van der Waals surface area contributed by atoms with E-state index < -0.39 is 0 Å². The minimum Gasteiger partial charge on any atom is -0.323 e. The van der Waals surface area contributed by atoms with Gasteiger partial charge in [-0.2, -0.15) is 0 Å². The normalized spacial score (nSPS) is 32.0. The highest BCUT2D eigenvalue weighted by Crippen LogP contribution is 2.41. The van der Waals surface area contributed by atoms with E-state index in [1.54, 1.807) is 0 Å². The second-order valence-corrected chi connectivity index (χ2v) is 6.69. The lowest BCUT2D eigenvalue weighted by Crippen LogP contribution is -2.56. The summed E-state index contributed by atoms with van der Waals surface area (Å²) in [6, 6.07) is 10.9. The van der Waals surface area contributed by atoms with E-state index in [0.29, 0.717) is 12.0 Å². The quantitative estimate of drug-likeness (QED) is 0.883. The van der Waals surface area contributed by atoms with Crippen molar-refractivity contribution in [1.29, 1.82) is 0 Å². The molecule has 0 radical (unpaired) electrons. The zero-order valence-electron chi connectivity index (χ0n) is 12.9. The van der Waals surface area contributed by atoms with Gasteiger partial charge in [0.25, 0.3) is 0 Å². The summed E-state index contributed by atoms with van der Waals surface area (Å²) in [6.45, 7) is 6.30. The third-order valence-corrected chi connectivity index (χ3v) is 5.61. The largest absolute Gasteiger partial charge is 0.323 e. The molecule has 2 bridgehead atoms. The zero-order chi connectivity index (χ0) is 15.1. The van der Waals surface area contributed by atoms with Crippen molar-refractivity contribution in [3.8, 4) is 0 Å². The van der Waals surface area contributed by atoms with Crippen molar-refractivity contribution in [2.75, 3.05) is 13.1 Å². The second-order valence-electron chi connectivity index (χ2n) is 6.69. The fourth-order valence-corrected chi connectivity index (χ4v) is 4.37. The summed E-state index contributed by atoms with van der Waals surface area (Å²) in [5.74, 6) is 1.40. The van der Waals surface area contributed by atoms with Gasteiger partial charge in [-0.3, -0.25) is 9.88 Å². The predicted molar refractivity (Wildman–Crippen MR) is 92.6 cm³/mol. The van der Waals surface area contributed by atoms with Crippen LogP contribution in [0.2, 0.25) is 0 Å². The third kappa shape index (κ3) is 2.16. The van der Waals surface area contributed by atoms with Crippen LogP contribution in [0.3, 0.4) is 0 Å². The van der Waals surface area contributed by atoms with E-state index >= 15 is 0 Å². The van der Waals surface area contributed by atoms with Crippen LogP contribution in [-0.4, -0.2) is 29.0 Å². The summed E-state index contributed by atoms with van der Waals surface area (Å²) in [5.41, 5.74) is 8.99. The molecule has 1 aromatic carbocycles. The fourth-order valence-electron chi connectivity index (χ4n) is 4.37. The van der Waals surface area contributed by atoms with Crippen molar-refractivity contribution in [2.24, 2.45) is 17.6 Å². The van der Waals surface area contributed by atoms with Gasteiger partial charge in [0.1, 0.15) is 0 Å². The minimum atomic E-state index is 0. The van der Waals surface area contributed by atoms with Gasteiger partial charge in [-0.1, -0.05) is 24.3 Å². The molecule has 2 aromatic rings. The highest BCUT2D eigenvalue weighted by molar-refractivity contribution is 5.82. The Kier molecular flexibility index (Phi) is 3.47. The van der Waals surface area contributed by atoms with Crippen LogP contribution < -0.4 is 5.73 Å². The summed E-state index contributed by atoms with van der Waals surface area (Å²) in [5, 5.41) is 1.19. The van der Waals surface area contributed by atoms with Crippen molar-refractivity contribution >= 4 is 10.9 Å². The molecule has 5 rings (SSSR count). The molecule has 2 N–H and O–H groups in total. The lowest BCUT2D eigenvalue weighted by molar-refractivity contribution is 0.00749. The molecular formula is C19H25N3. The van der Waals surface area contributed by atoms with Crippen LogP contribution in [0.1, 0.15) is 25.9 Å². The number of hydrogen-bond donors (Lipinski definition) is 1. The topological polar surface area (TPSA) is 42.1 Å². The van der Waals surface area contributed by atoms with Gasteiger partial charge in [0, 0.05) is 31.6 Å². The van der Waals surface area contributed by atoms with Crippen molar-refractivity contribution in [3.05, 3.63) is 54.7 Å². The van der Waals surface area contributed by atoms with Gasteiger partial charge in [0.05, 0.1) is 5.52 Å². The van der Waals surface area contributed by atoms with Gasteiger partial charge in [-0.15, -0.1) is 6.58 Å². The van der Waals surface area contributed by atoms with Crippen LogP contribution in [-0.2, 0) is 0 Å². The monoisotopic (exact) mass is 297 g/mol. The first-order valence-electron chi connectivity index (χ1n) is 8.24. The van der Waals surface area contributed by atoms with Crippen LogP contribution in [0.15, 0.2) is 49.2 Å². The van der Waals surface area contributed by atoms with Crippen molar-refractivity contribution in [2.45, 2.75) is 24.9 Å². The van der Waals surface area contributed by atoms with Crippen molar-refractivity contribution in [3.63, 3.8) is 0 Å². The van der Waals surface area contributed by atoms with Crippen molar-refractivity contribution in [1.82, 2.24) is 9.88 Å². The number of nitrogens with zero attached hydrogens (tertiary/aromatic N) is 2. The first-order chi connectivity index (χ1) is 10.8. The summed E-state index contributed by atoms with van der Waals surface area (Å²) in [6.07, 6.45) is 6.51. The Morgan fingerprint density at radius 3 is 3.00 bits per heavy atom. The molecule has 3 fully saturated rings. The lowest BCUT2D eigenvalue weighted by Gasteiger charge is -2.51. The molecule has 3 heteroatoms. The molecule has 0 amide bonds. The molecule has 5 atom stereocenters. The standard InChI is InChI=1S/C19H23N3.H2/c1-2-13-12-22-10-8-14(13)11-18(22)19(20)16-7-9-21-17-6-4-3-5-15(16)17;/h2-7,9,13-14,18-19H,1,8,10-12,20H2;1H/t13-,14-,18-,19-;/m0./s1/i;1+2. The number of fused-ring (bicyclic) bond motifs is 4. The van der Waals surface area contributed by atoms with Crippen LogP contribution in [0.25, 0.3) is 10.9 Å². The summed E-state index contributed by atoms with van der Waals surface area (Å²) >= 11 is 0. The fraction of sp³-hybridized carbons (Fsp3) is 0.421. The molecule has 3 aliphatic heterocycles. The Labute approximate surface area is 133 Å².